The SMILES string of the molecule is Brc1cccc(-c2nnc(COc3ccccc3/C=N\Nc3nc4ccccc4s3)o2)c1. The van der Waals surface area contributed by atoms with Crippen molar-refractivity contribution in [2.24, 2.45) is 5.10 Å². The predicted octanol–water partition coefficient (Wildman–Crippen LogP) is 6.13. The number of halogens is 1. The molecule has 1 N–H and O–H groups in total. The maximum atomic E-state index is 5.91. The van der Waals surface area contributed by atoms with E-state index in [-0.39, 0.29) is 6.61 Å². The van der Waals surface area contributed by atoms with Crippen molar-refractivity contribution in [3.05, 3.63) is 88.7 Å². The molecule has 2 heterocycles. The largest absolute Gasteiger partial charge is 0.483 e. The summed E-state index contributed by atoms with van der Waals surface area (Å²) in [7, 11) is 0. The number of hydrogen-bond donors (Lipinski definition) is 1. The van der Waals surface area contributed by atoms with Gasteiger partial charge in [-0.15, -0.1) is 10.2 Å². The van der Waals surface area contributed by atoms with E-state index >= 15 is 0 Å². The van der Waals surface area contributed by atoms with Gasteiger partial charge in [-0.2, -0.15) is 5.10 Å². The molecule has 9 heteroatoms. The van der Waals surface area contributed by atoms with Gasteiger partial charge < -0.3 is 9.15 Å². The summed E-state index contributed by atoms with van der Waals surface area (Å²) in [5.74, 6) is 1.49. The Balaban J connectivity index is 1.25. The Hall–Kier alpha value is -3.56. The van der Waals surface area contributed by atoms with E-state index < -0.39 is 0 Å². The van der Waals surface area contributed by atoms with Crippen LogP contribution in [0.5, 0.6) is 5.75 Å². The number of anilines is 1. The average Bonchev–Trinajstić information content (AvgIpc) is 3.45. The summed E-state index contributed by atoms with van der Waals surface area (Å²) < 4.78 is 13.7. The monoisotopic (exact) mass is 505 g/mol. The Morgan fingerprint density at radius 2 is 1.91 bits per heavy atom. The molecule has 7 nitrogen and oxygen atoms in total. The normalized spacial score (nSPS) is 11.3. The van der Waals surface area contributed by atoms with E-state index in [0.717, 1.165) is 30.9 Å². The molecule has 0 aliphatic carbocycles. The van der Waals surface area contributed by atoms with E-state index in [2.05, 4.69) is 41.6 Å². The van der Waals surface area contributed by atoms with E-state index in [1.807, 2.05) is 72.8 Å². The molecule has 3 aromatic carbocycles. The van der Waals surface area contributed by atoms with Gasteiger partial charge in [-0.1, -0.05) is 57.6 Å². The number of nitrogens with one attached hydrogen (secondary N) is 1. The van der Waals surface area contributed by atoms with Gasteiger partial charge >= 0.3 is 0 Å². The van der Waals surface area contributed by atoms with Gasteiger partial charge in [0.1, 0.15) is 5.75 Å². The first-order valence-electron chi connectivity index (χ1n) is 9.69. The fourth-order valence-electron chi connectivity index (χ4n) is 2.99. The molecular formula is C23H16BrN5O2S. The van der Waals surface area contributed by atoms with Crippen LogP contribution in [0, 0.1) is 0 Å². The third kappa shape index (κ3) is 4.68. The van der Waals surface area contributed by atoms with Gasteiger partial charge in [0.15, 0.2) is 6.61 Å². The van der Waals surface area contributed by atoms with Crippen LogP contribution in [0.2, 0.25) is 0 Å². The Bertz CT molecular complexity index is 1360. The van der Waals surface area contributed by atoms with Gasteiger partial charge in [-0.05, 0) is 42.5 Å². The van der Waals surface area contributed by atoms with Crippen LogP contribution in [0.3, 0.4) is 0 Å². The minimum atomic E-state index is 0.150. The lowest BCUT2D eigenvalue weighted by Crippen LogP contribution is -1.99. The first kappa shape index (κ1) is 20.3. The van der Waals surface area contributed by atoms with Crippen molar-refractivity contribution in [3.63, 3.8) is 0 Å². The highest BCUT2D eigenvalue weighted by atomic mass is 79.9. The average molecular weight is 506 g/mol. The molecule has 0 spiro atoms. The minimum absolute atomic E-state index is 0.150. The highest BCUT2D eigenvalue weighted by molar-refractivity contribution is 9.10. The second kappa shape index (κ2) is 9.29. The predicted molar refractivity (Wildman–Crippen MR) is 129 cm³/mol. The number of ether oxygens (including phenoxy) is 1. The van der Waals surface area contributed by atoms with Gasteiger partial charge in [-0.3, -0.25) is 5.43 Å². The van der Waals surface area contributed by atoms with Crippen LogP contribution in [0.25, 0.3) is 21.7 Å². The maximum absolute atomic E-state index is 5.91. The fourth-order valence-corrected chi connectivity index (χ4v) is 4.20. The fraction of sp³-hybridized carbons (Fsp3) is 0.0435. The van der Waals surface area contributed by atoms with Crippen LogP contribution < -0.4 is 10.2 Å². The number of para-hydroxylation sites is 2. The molecule has 158 valence electrons. The number of rotatable bonds is 7. The quantitative estimate of drug-likeness (QED) is 0.211. The third-order valence-electron chi connectivity index (χ3n) is 4.47. The van der Waals surface area contributed by atoms with Crippen molar-refractivity contribution in [2.45, 2.75) is 6.61 Å². The van der Waals surface area contributed by atoms with Crippen molar-refractivity contribution in [3.8, 4) is 17.2 Å². The molecule has 0 aliphatic heterocycles. The van der Waals surface area contributed by atoms with Crippen molar-refractivity contribution in [1.82, 2.24) is 15.2 Å². The number of hydrazone groups is 1. The number of benzene rings is 3. The molecule has 0 saturated carbocycles. The molecule has 0 fully saturated rings. The van der Waals surface area contributed by atoms with E-state index in [4.69, 9.17) is 9.15 Å². The number of nitrogens with zero attached hydrogens (tertiary/aromatic N) is 4. The number of fused-ring (bicyclic) bond motifs is 1. The van der Waals surface area contributed by atoms with Gasteiger partial charge in [0, 0.05) is 15.6 Å². The Morgan fingerprint density at radius 3 is 2.81 bits per heavy atom. The smallest absolute Gasteiger partial charge is 0.254 e. The molecule has 0 aliphatic rings. The van der Waals surface area contributed by atoms with Crippen LogP contribution in [0.15, 0.2) is 86.8 Å². The van der Waals surface area contributed by atoms with Gasteiger partial charge in [0.25, 0.3) is 5.89 Å². The first-order valence-corrected chi connectivity index (χ1v) is 11.3. The minimum Gasteiger partial charge on any atom is -0.483 e. The van der Waals surface area contributed by atoms with Gasteiger partial charge in [0.05, 0.1) is 16.4 Å². The topological polar surface area (TPSA) is 85.4 Å². The third-order valence-corrected chi connectivity index (χ3v) is 5.90. The second-order valence-corrected chi connectivity index (χ2v) is 8.64. The standard InChI is InChI=1S/C23H16BrN5O2S/c24-17-8-5-7-15(12-17)22-28-27-21(31-22)14-30-19-10-3-1-6-16(19)13-25-29-23-26-18-9-2-4-11-20(18)32-23/h1-13H,14H2,(H,26,29)/b25-13-. The Labute approximate surface area is 195 Å². The Morgan fingerprint density at radius 1 is 1.03 bits per heavy atom. The summed E-state index contributed by atoms with van der Waals surface area (Å²) >= 11 is 4.99. The zero-order valence-electron chi connectivity index (χ0n) is 16.6. The number of aromatic nitrogens is 3. The lowest BCUT2D eigenvalue weighted by Gasteiger charge is -2.06. The molecule has 0 saturated heterocycles. The summed E-state index contributed by atoms with van der Waals surface area (Å²) in [4.78, 5) is 4.51. The summed E-state index contributed by atoms with van der Waals surface area (Å²) in [6, 6.07) is 23.2. The second-order valence-electron chi connectivity index (χ2n) is 6.69. The van der Waals surface area contributed by atoms with Crippen LogP contribution in [-0.2, 0) is 6.61 Å². The van der Waals surface area contributed by atoms with Crippen molar-refractivity contribution >= 4 is 48.8 Å². The highest BCUT2D eigenvalue weighted by Crippen LogP contribution is 2.26. The summed E-state index contributed by atoms with van der Waals surface area (Å²) in [6.07, 6.45) is 1.70. The Kier molecular flexibility index (Phi) is 5.91. The number of thiazole rings is 1. The van der Waals surface area contributed by atoms with E-state index in [1.165, 1.54) is 0 Å². The van der Waals surface area contributed by atoms with Gasteiger partial charge in [-0.25, -0.2) is 4.98 Å². The molecule has 0 unspecified atom stereocenters. The van der Waals surface area contributed by atoms with Gasteiger partial charge in [0.2, 0.25) is 11.0 Å². The molecule has 5 aromatic rings. The molecule has 5 rings (SSSR count). The van der Waals surface area contributed by atoms with Crippen LogP contribution in [-0.4, -0.2) is 21.4 Å². The van der Waals surface area contributed by atoms with Crippen LogP contribution in [0.1, 0.15) is 11.5 Å². The highest BCUT2D eigenvalue weighted by Gasteiger charge is 2.10. The molecule has 0 radical (unpaired) electrons. The lowest BCUT2D eigenvalue weighted by molar-refractivity contribution is 0.264. The zero-order chi connectivity index (χ0) is 21.8. The van der Waals surface area contributed by atoms with E-state index in [1.54, 1.807) is 17.6 Å². The molecule has 2 aromatic heterocycles. The zero-order valence-corrected chi connectivity index (χ0v) is 19.0. The van der Waals surface area contributed by atoms with E-state index in [0.29, 0.717) is 17.5 Å². The lowest BCUT2D eigenvalue weighted by atomic mass is 10.2. The number of hydrogen-bond acceptors (Lipinski definition) is 8. The summed E-state index contributed by atoms with van der Waals surface area (Å²) in [5.41, 5.74) is 5.58. The van der Waals surface area contributed by atoms with Crippen molar-refractivity contribution < 1.29 is 9.15 Å². The van der Waals surface area contributed by atoms with Crippen molar-refractivity contribution in [1.29, 1.82) is 0 Å². The molecular weight excluding hydrogens is 490 g/mol. The molecule has 0 bridgehead atoms. The van der Waals surface area contributed by atoms with Crippen molar-refractivity contribution in [2.75, 3.05) is 5.43 Å². The van der Waals surface area contributed by atoms with Crippen LogP contribution in [0.4, 0.5) is 5.13 Å². The van der Waals surface area contributed by atoms with E-state index in [9.17, 15) is 0 Å². The van der Waals surface area contributed by atoms with Crippen LogP contribution >= 0.6 is 27.3 Å². The molecule has 0 amide bonds. The first-order chi connectivity index (χ1) is 15.7. The summed E-state index contributed by atoms with van der Waals surface area (Å²) in [5, 5.41) is 13.2. The molecule has 0 atom stereocenters. The summed E-state index contributed by atoms with van der Waals surface area (Å²) in [6.45, 7) is 0.150. The molecule has 32 heavy (non-hydrogen) atoms. The maximum Gasteiger partial charge on any atom is 0.254 e.